The third-order valence-electron chi connectivity index (χ3n) is 4.69. The highest BCUT2D eigenvalue weighted by atomic mass is 16.5. The van der Waals surface area contributed by atoms with Gasteiger partial charge in [0, 0.05) is 38.8 Å². The fourth-order valence-electron chi connectivity index (χ4n) is 3.40. The zero-order valence-corrected chi connectivity index (χ0v) is 15.4. The summed E-state index contributed by atoms with van der Waals surface area (Å²) in [6.07, 6.45) is -0.0461. The van der Waals surface area contributed by atoms with Crippen LogP contribution in [0.3, 0.4) is 0 Å². The molecule has 140 valence electrons. The van der Waals surface area contributed by atoms with Crippen LogP contribution in [-0.4, -0.2) is 73.5 Å². The van der Waals surface area contributed by atoms with Crippen molar-refractivity contribution in [3.05, 3.63) is 34.9 Å². The van der Waals surface area contributed by atoms with Gasteiger partial charge in [-0.3, -0.25) is 24.2 Å². The quantitative estimate of drug-likeness (QED) is 0.794. The summed E-state index contributed by atoms with van der Waals surface area (Å²) >= 11 is 0. The maximum atomic E-state index is 12.4. The number of fused-ring (bicyclic) bond motifs is 1. The van der Waals surface area contributed by atoms with Crippen LogP contribution in [0.1, 0.15) is 44.9 Å². The van der Waals surface area contributed by atoms with Crippen molar-refractivity contribution in [3.63, 3.8) is 0 Å². The number of hydrogen-bond donors (Lipinski definition) is 1. The van der Waals surface area contributed by atoms with E-state index in [0.29, 0.717) is 30.2 Å². The Balaban J connectivity index is 1.59. The van der Waals surface area contributed by atoms with Gasteiger partial charge >= 0.3 is 0 Å². The fourth-order valence-corrected chi connectivity index (χ4v) is 3.40. The molecule has 7 heteroatoms. The number of carbonyl (C=O) groups excluding carboxylic acids is 3. The fraction of sp³-hybridized carbons (Fsp3) is 0.526. The van der Waals surface area contributed by atoms with E-state index in [4.69, 9.17) is 4.74 Å². The van der Waals surface area contributed by atoms with Crippen molar-refractivity contribution in [3.8, 4) is 0 Å². The maximum Gasteiger partial charge on any atom is 0.261 e. The standard InChI is InChI=1S/C19H25N3O4/c1-12(2)10-22-6-7-26-14(11-22)9-20-17(23)13-4-5-15-16(8-13)19(25)21(3)18(15)24/h4-5,8,12,14H,6-7,9-11H2,1-3H3,(H,20,23). The molecule has 26 heavy (non-hydrogen) atoms. The van der Waals surface area contributed by atoms with Crippen molar-refractivity contribution in [2.45, 2.75) is 20.0 Å². The second-order valence-corrected chi connectivity index (χ2v) is 7.29. The molecule has 1 N–H and O–H groups in total. The van der Waals surface area contributed by atoms with E-state index in [1.165, 1.54) is 19.2 Å². The van der Waals surface area contributed by atoms with Crippen LogP contribution in [-0.2, 0) is 4.74 Å². The van der Waals surface area contributed by atoms with E-state index in [1.807, 2.05) is 0 Å². The molecule has 0 saturated carbocycles. The second-order valence-electron chi connectivity index (χ2n) is 7.29. The molecule has 0 spiro atoms. The van der Waals surface area contributed by atoms with E-state index in [-0.39, 0.29) is 29.4 Å². The molecular formula is C19H25N3O4. The first kappa shape index (κ1) is 18.5. The molecule has 3 amide bonds. The van der Waals surface area contributed by atoms with Gasteiger partial charge in [-0.15, -0.1) is 0 Å². The Morgan fingerprint density at radius 2 is 2.00 bits per heavy atom. The largest absolute Gasteiger partial charge is 0.374 e. The monoisotopic (exact) mass is 359 g/mol. The summed E-state index contributed by atoms with van der Waals surface area (Å²) in [5, 5.41) is 2.87. The molecule has 1 aromatic rings. The van der Waals surface area contributed by atoms with E-state index >= 15 is 0 Å². The van der Waals surface area contributed by atoms with Crippen molar-refractivity contribution in [2.24, 2.45) is 5.92 Å². The molecule has 1 atom stereocenters. The molecule has 1 saturated heterocycles. The maximum absolute atomic E-state index is 12.4. The van der Waals surface area contributed by atoms with Crippen LogP contribution in [0.2, 0.25) is 0 Å². The summed E-state index contributed by atoms with van der Waals surface area (Å²) in [5.74, 6) is -0.391. The van der Waals surface area contributed by atoms with Gasteiger partial charge < -0.3 is 10.1 Å². The molecule has 3 rings (SSSR count). The molecule has 0 radical (unpaired) electrons. The molecule has 2 aliphatic rings. The molecule has 0 aromatic heterocycles. The van der Waals surface area contributed by atoms with Crippen molar-refractivity contribution in [1.29, 1.82) is 0 Å². The van der Waals surface area contributed by atoms with E-state index in [2.05, 4.69) is 24.1 Å². The van der Waals surface area contributed by atoms with Gasteiger partial charge in [-0.2, -0.15) is 0 Å². The van der Waals surface area contributed by atoms with Crippen LogP contribution in [0.5, 0.6) is 0 Å². The number of benzene rings is 1. The molecular weight excluding hydrogens is 334 g/mol. The number of imide groups is 1. The molecule has 0 bridgehead atoms. The zero-order chi connectivity index (χ0) is 18.8. The van der Waals surface area contributed by atoms with Crippen molar-refractivity contribution in [1.82, 2.24) is 15.1 Å². The number of amides is 3. The molecule has 2 heterocycles. The summed E-state index contributed by atoms with van der Waals surface area (Å²) in [5.41, 5.74) is 0.992. The van der Waals surface area contributed by atoms with Crippen LogP contribution >= 0.6 is 0 Å². The smallest absolute Gasteiger partial charge is 0.261 e. The molecule has 0 aliphatic carbocycles. The predicted octanol–water partition coefficient (Wildman–Crippen LogP) is 0.999. The topological polar surface area (TPSA) is 79.0 Å². The van der Waals surface area contributed by atoms with Crippen LogP contribution < -0.4 is 5.32 Å². The highest BCUT2D eigenvalue weighted by Crippen LogP contribution is 2.22. The summed E-state index contributed by atoms with van der Waals surface area (Å²) in [7, 11) is 1.44. The van der Waals surface area contributed by atoms with Gasteiger partial charge in [0.2, 0.25) is 0 Å². The van der Waals surface area contributed by atoms with Gasteiger partial charge in [0.1, 0.15) is 0 Å². The van der Waals surface area contributed by atoms with E-state index in [9.17, 15) is 14.4 Å². The predicted molar refractivity (Wildman–Crippen MR) is 96.2 cm³/mol. The average molecular weight is 359 g/mol. The lowest BCUT2D eigenvalue weighted by atomic mass is 10.1. The molecule has 1 fully saturated rings. The zero-order valence-electron chi connectivity index (χ0n) is 15.4. The van der Waals surface area contributed by atoms with Crippen LogP contribution in [0, 0.1) is 5.92 Å². The van der Waals surface area contributed by atoms with Crippen molar-refractivity contribution >= 4 is 17.7 Å². The minimum Gasteiger partial charge on any atom is -0.374 e. The first-order chi connectivity index (χ1) is 12.4. The number of rotatable bonds is 5. The lowest BCUT2D eigenvalue weighted by Gasteiger charge is -2.33. The van der Waals surface area contributed by atoms with Gasteiger partial charge in [-0.05, 0) is 24.1 Å². The number of nitrogens with one attached hydrogen (secondary N) is 1. The minimum atomic E-state index is -0.375. The van der Waals surface area contributed by atoms with Crippen LogP contribution in [0.15, 0.2) is 18.2 Å². The number of hydrogen-bond acceptors (Lipinski definition) is 5. The Morgan fingerprint density at radius 3 is 2.73 bits per heavy atom. The summed E-state index contributed by atoms with van der Waals surface area (Å²) in [4.78, 5) is 39.8. The molecule has 7 nitrogen and oxygen atoms in total. The molecule has 1 unspecified atom stereocenters. The normalized spacial score (nSPS) is 20.6. The summed E-state index contributed by atoms with van der Waals surface area (Å²) in [6.45, 7) is 8.17. The average Bonchev–Trinajstić information content (AvgIpc) is 2.83. The summed E-state index contributed by atoms with van der Waals surface area (Å²) < 4.78 is 5.73. The Hall–Kier alpha value is -2.25. The second kappa shape index (κ2) is 7.55. The van der Waals surface area contributed by atoms with Crippen molar-refractivity contribution in [2.75, 3.05) is 39.8 Å². The Morgan fingerprint density at radius 1 is 1.27 bits per heavy atom. The number of nitrogens with zero attached hydrogens (tertiary/aromatic N) is 2. The number of ether oxygens (including phenoxy) is 1. The van der Waals surface area contributed by atoms with Gasteiger partial charge in [0.25, 0.3) is 17.7 Å². The highest BCUT2D eigenvalue weighted by Gasteiger charge is 2.33. The summed E-state index contributed by atoms with van der Waals surface area (Å²) in [6, 6.07) is 4.60. The third-order valence-corrected chi connectivity index (χ3v) is 4.69. The van der Waals surface area contributed by atoms with Gasteiger partial charge in [-0.25, -0.2) is 0 Å². The third kappa shape index (κ3) is 3.78. The van der Waals surface area contributed by atoms with E-state index in [0.717, 1.165) is 24.5 Å². The number of morpholine rings is 1. The Kier molecular flexibility index (Phi) is 5.38. The van der Waals surface area contributed by atoms with E-state index < -0.39 is 0 Å². The Bertz CT molecular complexity index is 731. The SMILES string of the molecule is CC(C)CN1CCOC(CNC(=O)c2ccc3c(c2)C(=O)N(C)C3=O)C1. The lowest BCUT2D eigenvalue weighted by molar-refractivity contribution is -0.0295. The van der Waals surface area contributed by atoms with Crippen LogP contribution in [0.4, 0.5) is 0 Å². The van der Waals surface area contributed by atoms with E-state index in [1.54, 1.807) is 6.07 Å². The lowest BCUT2D eigenvalue weighted by Crippen LogP contribution is -2.48. The minimum absolute atomic E-state index is 0.0461. The molecule has 2 aliphatic heterocycles. The Labute approximate surface area is 153 Å². The van der Waals surface area contributed by atoms with Crippen LogP contribution in [0.25, 0.3) is 0 Å². The first-order valence-electron chi connectivity index (χ1n) is 8.95. The van der Waals surface area contributed by atoms with Gasteiger partial charge in [0.05, 0.1) is 23.8 Å². The first-order valence-corrected chi connectivity index (χ1v) is 8.95. The van der Waals surface area contributed by atoms with Gasteiger partial charge in [-0.1, -0.05) is 13.8 Å². The number of carbonyl (C=O) groups is 3. The van der Waals surface area contributed by atoms with Crippen molar-refractivity contribution < 1.29 is 19.1 Å². The van der Waals surface area contributed by atoms with Gasteiger partial charge in [0.15, 0.2) is 0 Å². The highest BCUT2D eigenvalue weighted by molar-refractivity contribution is 6.21. The molecule has 1 aromatic carbocycles.